The highest BCUT2D eigenvalue weighted by Crippen LogP contribution is 2.30. The molecule has 0 radical (unpaired) electrons. The smallest absolute Gasteiger partial charge is 0.392 e. The zero-order valence-corrected chi connectivity index (χ0v) is 15.0. The van der Waals surface area contributed by atoms with Crippen molar-refractivity contribution in [2.45, 2.75) is 31.7 Å². The zero-order chi connectivity index (χ0) is 19.7. The number of hydrogen-bond acceptors (Lipinski definition) is 5. The number of rotatable bonds is 4. The van der Waals surface area contributed by atoms with Gasteiger partial charge in [-0.05, 0) is 55.8 Å². The third-order valence-electron chi connectivity index (χ3n) is 4.77. The van der Waals surface area contributed by atoms with Crippen LogP contribution in [-0.4, -0.2) is 43.8 Å². The molecule has 28 heavy (non-hydrogen) atoms. The predicted molar refractivity (Wildman–Crippen MR) is 98.2 cm³/mol. The van der Waals surface area contributed by atoms with Crippen LogP contribution >= 0.6 is 0 Å². The van der Waals surface area contributed by atoms with Crippen molar-refractivity contribution in [2.75, 3.05) is 18.4 Å². The van der Waals surface area contributed by atoms with Gasteiger partial charge < -0.3 is 10.4 Å². The summed E-state index contributed by atoms with van der Waals surface area (Å²) in [5.74, 6) is 0.311. The first-order valence-corrected chi connectivity index (χ1v) is 9.08. The van der Waals surface area contributed by atoms with E-state index in [2.05, 4.69) is 20.3 Å². The molecule has 3 aromatic rings. The van der Waals surface area contributed by atoms with Crippen LogP contribution in [0.15, 0.2) is 42.5 Å². The number of aliphatic hydroxyl groups is 1. The Morgan fingerprint density at radius 2 is 1.93 bits per heavy atom. The fourth-order valence-corrected chi connectivity index (χ4v) is 3.41. The van der Waals surface area contributed by atoms with Crippen LogP contribution in [0.25, 0.3) is 5.65 Å². The zero-order valence-electron chi connectivity index (χ0n) is 15.0. The molecule has 1 aromatic carbocycles. The van der Waals surface area contributed by atoms with Gasteiger partial charge in [-0.1, -0.05) is 6.07 Å². The SMILES string of the molecule is O[C@@H]1CCCN(Cc2cccc3nc(Nc4ccc(C(F)(F)F)cc4)nn23)C1. The minimum Gasteiger partial charge on any atom is -0.392 e. The van der Waals surface area contributed by atoms with E-state index >= 15 is 0 Å². The summed E-state index contributed by atoms with van der Waals surface area (Å²) >= 11 is 0. The average molecular weight is 391 g/mol. The Morgan fingerprint density at radius 1 is 1.14 bits per heavy atom. The lowest BCUT2D eigenvalue weighted by Crippen LogP contribution is -2.38. The number of piperidine rings is 1. The third kappa shape index (κ3) is 4.10. The van der Waals surface area contributed by atoms with Crippen LogP contribution in [0.1, 0.15) is 24.1 Å². The molecule has 0 spiro atoms. The number of β-amino-alcohol motifs (C(OH)–C–C–N with tert-alkyl or cyclic N) is 1. The maximum Gasteiger partial charge on any atom is 0.416 e. The first-order valence-electron chi connectivity index (χ1n) is 9.08. The van der Waals surface area contributed by atoms with E-state index in [1.807, 2.05) is 18.2 Å². The molecular weight excluding hydrogens is 371 g/mol. The first kappa shape index (κ1) is 18.7. The number of pyridine rings is 1. The van der Waals surface area contributed by atoms with Crippen LogP contribution in [0, 0.1) is 0 Å². The highest BCUT2D eigenvalue weighted by molar-refractivity contribution is 5.56. The molecule has 9 heteroatoms. The summed E-state index contributed by atoms with van der Waals surface area (Å²) < 4.78 is 39.8. The molecule has 2 aromatic heterocycles. The molecule has 2 N–H and O–H groups in total. The fourth-order valence-electron chi connectivity index (χ4n) is 3.41. The number of aliphatic hydroxyl groups excluding tert-OH is 1. The van der Waals surface area contributed by atoms with Gasteiger partial charge in [-0.25, -0.2) is 4.52 Å². The molecule has 1 fully saturated rings. The Bertz CT molecular complexity index is 954. The number of nitrogens with one attached hydrogen (secondary N) is 1. The normalized spacial score (nSPS) is 18.5. The Labute approximate surface area is 159 Å². The number of aromatic nitrogens is 3. The second-order valence-electron chi connectivity index (χ2n) is 6.95. The highest BCUT2D eigenvalue weighted by Gasteiger charge is 2.30. The van der Waals surface area contributed by atoms with E-state index in [4.69, 9.17) is 0 Å². The molecule has 6 nitrogen and oxygen atoms in total. The van der Waals surface area contributed by atoms with Gasteiger partial charge in [-0.2, -0.15) is 18.2 Å². The minimum absolute atomic E-state index is 0.305. The van der Waals surface area contributed by atoms with Crippen molar-refractivity contribution in [1.29, 1.82) is 0 Å². The van der Waals surface area contributed by atoms with E-state index in [1.165, 1.54) is 12.1 Å². The van der Waals surface area contributed by atoms with Crippen LogP contribution in [0.4, 0.5) is 24.8 Å². The van der Waals surface area contributed by atoms with Gasteiger partial charge in [0.2, 0.25) is 5.95 Å². The molecule has 1 aliphatic heterocycles. The van der Waals surface area contributed by atoms with E-state index in [-0.39, 0.29) is 6.10 Å². The molecule has 0 saturated carbocycles. The Morgan fingerprint density at radius 3 is 2.64 bits per heavy atom. The van der Waals surface area contributed by atoms with Crippen LogP contribution in [0.5, 0.6) is 0 Å². The molecule has 148 valence electrons. The van der Waals surface area contributed by atoms with Crippen molar-refractivity contribution < 1.29 is 18.3 Å². The topological polar surface area (TPSA) is 65.7 Å². The van der Waals surface area contributed by atoms with Crippen LogP contribution in [0.3, 0.4) is 0 Å². The Balaban J connectivity index is 1.53. The van der Waals surface area contributed by atoms with Crippen molar-refractivity contribution >= 4 is 17.3 Å². The molecule has 0 bridgehead atoms. The van der Waals surface area contributed by atoms with Crippen LogP contribution < -0.4 is 5.32 Å². The number of alkyl halides is 3. The maximum atomic E-state index is 12.7. The standard InChI is InChI=1S/C19H20F3N5O/c20-19(21,22)13-6-8-14(9-7-13)23-18-24-17-5-1-3-15(27(17)25-18)11-26-10-2-4-16(28)12-26/h1,3,5-9,16,28H,2,4,10-12H2,(H,23,25)/t16-/m1/s1. The molecule has 3 heterocycles. The van der Waals surface area contributed by atoms with Gasteiger partial charge in [-0.15, -0.1) is 5.10 Å². The van der Waals surface area contributed by atoms with Gasteiger partial charge in [-0.3, -0.25) is 4.90 Å². The third-order valence-corrected chi connectivity index (χ3v) is 4.77. The molecule has 1 saturated heterocycles. The van der Waals surface area contributed by atoms with Gasteiger partial charge in [0.1, 0.15) is 0 Å². The number of fused-ring (bicyclic) bond motifs is 1. The number of nitrogens with zero attached hydrogens (tertiary/aromatic N) is 4. The number of anilines is 2. The van der Waals surface area contributed by atoms with Crippen molar-refractivity contribution in [3.05, 3.63) is 53.7 Å². The molecule has 1 aliphatic rings. The molecule has 0 aliphatic carbocycles. The first-order chi connectivity index (χ1) is 13.4. The van der Waals surface area contributed by atoms with Crippen molar-refractivity contribution in [3.8, 4) is 0 Å². The maximum absolute atomic E-state index is 12.7. The summed E-state index contributed by atoms with van der Waals surface area (Å²) in [5, 5.41) is 17.2. The number of halogens is 3. The molecular formula is C19H20F3N5O. The summed E-state index contributed by atoms with van der Waals surface area (Å²) in [4.78, 5) is 6.57. The number of hydrogen-bond donors (Lipinski definition) is 2. The number of likely N-dealkylation sites (tertiary alicyclic amines) is 1. The van der Waals surface area contributed by atoms with E-state index in [1.54, 1.807) is 4.52 Å². The fraction of sp³-hybridized carbons (Fsp3) is 0.368. The molecule has 1 atom stereocenters. The lowest BCUT2D eigenvalue weighted by molar-refractivity contribution is -0.137. The second-order valence-corrected chi connectivity index (χ2v) is 6.95. The summed E-state index contributed by atoms with van der Waals surface area (Å²) in [7, 11) is 0. The van der Waals surface area contributed by atoms with E-state index < -0.39 is 11.7 Å². The predicted octanol–water partition coefficient (Wildman–Crippen LogP) is 3.45. The van der Waals surface area contributed by atoms with Gasteiger partial charge in [0, 0.05) is 18.8 Å². The van der Waals surface area contributed by atoms with Crippen molar-refractivity contribution in [1.82, 2.24) is 19.5 Å². The number of benzene rings is 1. The van der Waals surface area contributed by atoms with E-state index in [9.17, 15) is 18.3 Å². The lowest BCUT2D eigenvalue weighted by Gasteiger charge is -2.29. The molecule has 4 rings (SSSR count). The summed E-state index contributed by atoms with van der Waals surface area (Å²) in [5.41, 5.74) is 1.35. The van der Waals surface area contributed by atoms with Crippen LogP contribution in [0.2, 0.25) is 0 Å². The quantitative estimate of drug-likeness (QED) is 0.713. The van der Waals surface area contributed by atoms with Gasteiger partial charge >= 0.3 is 6.18 Å². The van der Waals surface area contributed by atoms with E-state index in [0.717, 1.165) is 37.2 Å². The molecule has 0 amide bonds. The van der Waals surface area contributed by atoms with Crippen molar-refractivity contribution in [3.63, 3.8) is 0 Å². The Kier molecular flexibility index (Phi) is 4.94. The van der Waals surface area contributed by atoms with Gasteiger partial charge in [0.25, 0.3) is 0 Å². The molecule has 0 unspecified atom stereocenters. The van der Waals surface area contributed by atoms with Crippen molar-refractivity contribution in [2.24, 2.45) is 0 Å². The summed E-state index contributed by atoms with van der Waals surface area (Å²) in [6, 6.07) is 10.4. The second kappa shape index (κ2) is 7.40. The Hall–Kier alpha value is -2.65. The highest BCUT2D eigenvalue weighted by atomic mass is 19.4. The van der Waals surface area contributed by atoms with Gasteiger partial charge in [0.15, 0.2) is 5.65 Å². The lowest BCUT2D eigenvalue weighted by atomic mass is 10.1. The average Bonchev–Trinajstić information content (AvgIpc) is 3.05. The summed E-state index contributed by atoms with van der Waals surface area (Å²) in [6.45, 7) is 2.18. The summed E-state index contributed by atoms with van der Waals surface area (Å²) in [6.07, 6.45) is -2.89. The largest absolute Gasteiger partial charge is 0.416 e. The van der Waals surface area contributed by atoms with Crippen LogP contribution in [-0.2, 0) is 12.7 Å². The monoisotopic (exact) mass is 391 g/mol. The van der Waals surface area contributed by atoms with Gasteiger partial charge in [0.05, 0.1) is 17.4 Å². The minimum atomic E-state index is -4.36. The van der Waals surface area contributed by atoms with E-state index in [0.29, 0.717) is 30.4 Å².